The van der Waals surface area contributed by atoms with E-state index in [9.17, 15) is 13.0 Å². The minimum Gasteiger partial charge on any atom is -0.744 e. The van der Waals surface area contributed by atoms with Crippen molar-refractivity contribution in [2.24, 2.45) is 0 Å². The molecule has 0 fully saturated rings. The summed E-state index contributed by atoms with van der Waals surface area (Å²) in [5.74, 6) is 0. The Kier molecular flexibility index (Phi) is 6.15. The molecule has 0 aliphatic heterocycles. The maximum absolute atomic E-state index is 10.4. The molecule has 0 bridgehead atoms. The Bertz CT molecular complexity index is 368. The van der Waals surface area contributed by atoms with E-state index < -0.39 is 10.1 Å². The molecule has 0 heterocycles. The van der Waals surface area contributed by atoms with Crippen LogP contribution in [0.15, 0.2) is 29.2 Å². The highest BCUT2D eigenvalue weighted by atomic mass is 32.2. The van der Waals surface area contributed by atoms with E-state index in [1.165, 1.54) is 18.6 Å². The Labute approximate surface area is 90.9 Å². The van der Waals surface area contributed by atoms with Gasteiger partial charge < -0.3 is 10.3 Å². The van der Waals surface area contributed by atoms with Crippen molar-refractivity contribution >= 4 is 10.1 Å². The van der Waals surface area contributed by atoms with Crippen molar-refractivity contribution < 1.29 is 18.7 Å². The second-order valence-electron chi connectivity index (χ2n) is 3.12. The third kappa shape index (κ3) is 6.22. The molecule has 0 saturated carbocycles. The molecule has 0 atom stereocenters. The maximum Gasteiger partial charge on any atom is 0.124 e. The van der Waals surface area contributed by atoms with E-state index in [1.54, 1.807) is 12.1 Å². The number of hydrogen-bond donors (Lipinski definition) is 1. The molecular weight excluding hydrogens is 214 g/mol. The smallest absolute Gasteiger partial charge is 0.124 e. The highest BCUT2D eigenvalue weighted by Gasteiger charge is 1.97. The van der Waals surface area contributed by atoms with Gasteiger partial charge in [0.05, 0.1) is 11.4 Å². The topological polar surface area (TPSA) is 84.8 Å². The minimum atomic E-state index is -4.27. The summed E-state index contributed by atoms with van der Waals surface area (Å²) in [4.78, 5) is -0.178. The zero-order valence-corrected chi connectivity index (χ0v) is 9.88. The number of rotatable bonds is 2. The number of aryl methyl sites for hydroxylation is 1. The molecular formula is C10H17NO3S. The van der Waals surface area contributed by atoms with Crippen LogP contribution in [0.4, 0.5) is 0 Å². The lowest BCUT2D eigenvalue weighted by molar-refractivity contribution is -0.367. The van der Waals surface area contributed by atoms with Crippen molar-refractivity contribution in [3.63, 3.8) is 0 Å². The molecule has 0 spiro atoms. The van der Waals surface area contributed by atoms with Crippen LogP contribution in [0.5, 0.6) is 0 Å². The van der Waals surface area contributed by atoms with Gasteiger partial charge in [0.2, 0.25) is 0 Å². The lowest BCUT2D eigenvalue weighted by Crippen LogP contribution is -2.49. The molecule has 3 N–H and O–H groups in total. The lowest BCUT2D eigenvalue weighted by atomic mass is 10.2. The van der Waals surface area contributed by atoms with Gasteiger partial charge in [-0.15, -0.1) is 0 Å². The normalized spacial score (nSPS) is 10.4. The molecule has 0 radical (unpaired) electrons. The van der Waals surface area contributed by atoms with Gasteiger partial charge in [-0.25, -0.2) is 8.42 Å². The average molecular weight is 231 g/mol. The zero-order chi connectivity index (χ0) is 11.9. The van der Waals surface area contributed by atoms with E-state index in [4.69, 9.17) is 0 Å². The first-order chi connectivity index (χ1) is 6.91. The van der Waals surface area contributed by atoms with Gasteiger partial charge >= 0.3 is 0 Å². The fourth-order valence-electron chi connectivity index (χ4n) is 0.705. The van der Waals surface area contributed by atoms with Gasteiger partial charge in [-0.3, -0.25) is 0 Å². The number of hydrogen-bond acceptors (Lipinski definition) is 3. The van der Waals surface area contributed by atoms with Crippen LogP contribution in [-0.4, -0.2) is 19.5 Å². The highest BCUT2D eigenvalue weighted by Crippen LogP contribution is 2.08. The summed E-state index contributed by atoms with van der Waals surface area (Å²) in [6.45, 7) is 5.01. The second-order valence-corrected chi connectivity index (χ2v) is 4.50. The Morgan fingerprint density at radius 2 is 1.67 bits per heavy atom. The Morgan fingerprint density at radius 1 is 1.27 bits per heavy atom. The van der Waals surface area contributed by atoms with Crippen LogP contribution in [0.2, 0.25) is 0 Å². The quantitative estimate of drug-likeness (QED) is 0.754. The fraction of sp³-hybridized carbons (Fsp3) is 0.400. The van der Waals surface area contributed by atoms with Crippen LogP contribution in [0.25, 0.3) is 0 Å². The monoisotopic (exact) mass is 231 g/mol. The van der Waals surface area contributed by atoms with Gasteiger partial charge in [0.15, 0.2) is 0 Å². The molecule has 1 aromatic rings. The van der Waals surface area contributed by atoms with Gasteiger partial charge in [0, 0.05) is 0 Å². The molecule has 0 aliphatic carbocycles. The molecule has 1 rings (SSSR count). The molecule has 15 heavy (non-hydrogen) atoms. The molecule has 0 unspecified atom stereocenters. The van der Waals surface area contributed by atoms with Crippen LogP contribution in [0, 0.1) is 6.92 Å². The zero-order valence-electron chi connectivity index (χ0n) is 9.06. The average Bonchev–Trinajstić information content (AvgIpc) is 2.17. The van der Waals surface area contributed by atoms with Gasteiger partial charge in [-0.05, 0) is 25.5 Å². The van der Waals surface area contributed by atoms with Crippen LogP contribution >= 0.6 is 0 Å². The molecule has 0 aliphatic rings. The first kappa shape index (κ1) is 14.1. The van der Waals surface area contributed by atoms with E-state index in [0.717, 1.165) is 12.1 Å². The summed E-state index contributed by atoms with van der Waals surface area (Å²) in [5.41, 5.74) is 4.53. The molecule has 0 saturated heterocycles. The first-order valence-corrected chi connectivity index (χ1v) is 6.14. The predicted octanol–water partition coefficient (Wildman–Crippen LogP) is 0.537. The van der Waals surface area contributed by atoms with Gasteiger partial charge in [0.25, 0.3) is 0 Å². The fourth-order valence-corrected chi connectivity index (χ4v) is 1.17. The Hall–Kier alpha value is -0.910. The van der Waals surface area contributed by atoms with Crippen molar-refractivity contribution in [3.05, 3.63) is 29.8 Å². The van der Waals surface area contributed by atoms with E-state index in [2.05, 4.69) is 12.7 Å². The number of quaternary nitrogens is 1. The second kappa shape index (κ2) is 6.55. The molecule has 0 aromatic heterocycles. The molecule has 86 valence electrons. The van der Waals surface area contributed by atoms with E-state index in [1.807, 2.05) is 6.92 Å². The third-order valence-electron chi connectivity index (χ3n) is 1.66. The minimum absolute atomic E-state index is 0.178. The lowest BCUT2D eigenvalue weighted by Gasteiger charge is -2.05. The number of benzene rings is 1. The van der Waals surface area contributed by atoms with E-state index in [-0.39, 0.29) is 4.90 Å². The highest BCUT2D eigenvalue weighted by molar-refractivity contribution is 7.85. The molecule has 0 amide bonds. The standard InChI is InChI=1S/C7H8O3S.C3H9N/c1-6-2-4-7(5-3-6)11(8,9)10;1-2-3-4/h2-5H,1H3,(H,8,9,10);2-4H2,1H3. The van der Waals surface area contributed by atoms with E-state index >= 15 is 0 Å². The van der Waals surface area contributed by atoms with Crippen LogP contribution in [-0.2, 0) is 10.1 Å². The third-order valence-corrected chi connectivity index (χ3v) is 2.51. The summed E-state index contributed by atoms with van der Waals surface area (Å²) in [6, 6.07) is 5.78. The Morgan fingerprint density at radius 3 is 1.93 bits per heavy atom. The maximum atomic E-state index is 10.4. The SMILES string of the molecule is CCC[NH3+].Cc1ccc(S(=O)(=O)[O-])cc1. The van der Waals surface area contributed by atoms with Crippen molar-refractivity contribution in [2.45, 2.75) is 25.2 Å². The van der Waals surface area contributed by atoms with Gasteiger partial charge in [0.1, 0.15) is 10.1 Å². The summed E-state index contributed by atoms with van der Waals surface area (Å²) in [5, 5.41) is 0. The van der Waals surface area contributed by atoms with E-state index in [0.29, 0.717) is 0 Å². The molecule has 5 heteroatoms. The van der Waals surface area contributed by atoms with Crippen LogP contribution in [0.1, 0.15) is 18.9 Å². The van der Waals surface area contributed by atoms with Crippen LogP contribution < -0.4 is 5.73 Å². The van der Waals surface area contributed by atoms with Crippen LogP contribution in [0.3, 0.4) is 0 Å². The van der Waals surface area contributed by atoms with Crippen molar-refractivity contribution in [1.29, 1.82) is 0 Å². The van der Waals surface area contributed by atoms with Crippen molar-refractivity contribution in [3.8, 4) is 0 Å². The van der Waals surface area contributed by atoms with Crippen molar-refractivity contribution in [2.75, 3.05) is 6.54 Å². The largest absolute Gasteiger partial charge is 0.744 e. The Balaban J connectivity index is 0.000000423. The van der Waals surface area contributed by atoms with Crippen molar-refractivity contribution in [1.82, 2.24) is 0 Å². The first-order valence-electron chi connectivity index (χ1n) is 4.73. The summed E-state index contributed by atoms with van der Waals surface area (Å²) in [7, 11) is -4.27. The summed E-state index contributed by atoms with van der Waals surface area (Å²) < 4.78 is 31.2. The molecule has 4 nitrogen and oxygen atoms in total. The molecule has 1 aromatic carbocycles. The summed E-state index contributed by atoms with van der Waals surface area (Å²) in [6.07, 6.45) is 1.21. The summed E-state index contributed by atoms with van der Waals surface area (Å²) >= 11 is 0. The van der Waals surface area contributed by atoms with Gasteiger partial charge in [-0.2, -0.15) is 0 Å². The van der Waals surface area contributed by atoms with Gasteiger partial charge in [-0.1, -0.05) is 24.6 Å². The predicted molar refractivity (Wildman–Crippen MR) is 57.2 cm³/mol.